The zero-order valence-electron chi connectivity index (χ0n) is 5.13. The van der Waals surface area contributed by atoms with Crippen molar-refractivity contribution >= 4 is 0 Å². The summed E-state index contributed by atoms with van der Waals surface area (Å²) in [6, 6.07) is 0. The topological polar surface area (TPSA) is 167 Å². The Bertz CT molecular complexity index is 75.8. The first kappa shape index (κ1) is 29.7. The van der Waals surface area contributed by atoms with Gasteiger partial charge >= 0.3 is 76.4 Å². The molecule has 0 heterocycles. The number of rotatable bonds is 0. The Kier molecular flexibility index (Phi) is 60.6. The zero-order valence-corrected chi connectivity index (χ0v) is 12.0. The molecule has 1 radical (unpaired) electrons. The van der Waals surface area contributed by atoms with E-state index in [-0.39, 0.29) is 82.6 Å². The van der Waals surface area contributed by atoms with Gasteiger partial charge in [0.25, 0.3) is 0 Å². The minimum absolute atomic E-state index is 0. The summed E-state index contributed by atoms with van der Waals surface area (Å²) in [7, 11) is 0. The minimum atomic E-state index is -1.75. The number of hydrogen-bond acceptors (Lipinski definition) is 7. The van der Waals surface area contributed by atoms with E-state index >= 15 is 0 Å². The Balaban J connectivity index is -0.0000000171. The Morgan fingerprint density at radius 2 is 0.818 bits per heavy atom. The second-order valence-electron chi connectivity index (χ2n) is 0.447. The molecule has 0 rings (SSSR count). The molecule has 0 aliphatic carbocycles. The fourth-order valence-electron chi connectivity index (χ4n) is 0. The Morgan fingerprint density at radius 3 is 0.818 bits per heavy atom. The van der Waals surface area contributed by atoms with E-state index in [0.717, 1.165) is 0 Å². The molecule has 0 fully saturated rings. The van der Waals surface area contributed by atoms with Gasteiger partial charge in [0.05, 0.1) is 10.2 Å². The van der Waals surface area contributed by atoms with Gasteiger partial charge in [-0.1, -0.05) is 0 Å². The third-order valence-corrected chi connectivity index (χ3v) is 0. The van der Waals surface area contributed by atoms with Crippen molar-refractivity contribution in [2.75, 3.05) is 0 Å². The fourth-order valence-corrected chi connectivity index (χ4v) is 0. The predicted octanol–water partition coefficient (Wildman–Crippen LogP) is -0.316. The van der Waals surface area contributed by atoms with Crippen LogP contribution in [0.15, 0.2) is 0 Å². The van der Waals surface area contributed by atoms with Gasteiger partial charge in [0, 0.05) is 0 Å². The third kappa shape index (κ3) is 1050. The average molecular weight is 424 g/mol. The summed E-state index contributed by atoms with van der Waals surface area (Å²) in [4.78, 5) is 16.5. The second-order valence-corrected chi connectivity index (χ2v) is 0.447. The predicted molar refractivity (Wildman–Crippen MR) is 25.7 cm³/mol. The molecule has 0 saturated carbocycles. The summed E-state index contributed by atoms with van der Waals surface area (Å²) in [5.41, 5.74) is 0. The molecule has 0 atom stereocenters. The van der Waals surface area contributed by atoms with Crippen LogP contribution in [0.1, 0.15) is 0 Å². The van der Waals surface area contributed by atoms with Gasteiger partial charge in [-0.3, -0.25) is 0 Å². The molecule has 0 unspecified atom stereocenters. The molecule has 0 aromatic rings. The number of nitrogens with zero attached hydrogens (tertiary/aromatic N) is 2. The standard InChI is InChI=1S/La.2NO3.H3N.Nd/c;2*2-1(3)4;;/h;;;1H3;/q+3;2*-1;;+3. The fraction of sp³-hybridized carbons (Fsp3) is 0. The third-order valence-electron chi connectivity index (χ3n) is 0. The summed E-state index contributed by atoms with van der Waals surface area (Å²) in [6.07, 6.45) is 0. The van der Waals surface area contributed by atoms with Crippen LogP contribution in [-0.4, -0.2) is 10.2 Å². The van der Waals surface area contributed by atoms with Crippen molar-refractivity contribution in [2.45, 2.75) is 0 Å². The van der Waals surface area contributed by atoms with Crippen LogP contribution in [0.5, 0.6) is 0 Å². The molecule has 0 spiro atoms. The molecule has 0 aromatic heterocycles. The maximum absolute atomic E-state index is 8.25. The van der Waals surface area contributed by atoms with E-state index in [1.165, 1.54) is 0 Å². The zero-order chi connectivity index (χ0) is 7.15. The first-order valence-electron chi connectivity index (χ1n) is 1.10. The van der Waals surface area contributed by atoms with Crippen molar-refractivity contribution < 1.29 is 86.6 Å². The van der Waals surface area contributed by atoms with E-state index in [0.29, 0.717) is 0 Å². The summed E-state index contributed by atoms with van der Waals surface area (Å²) in [6.45, 7) is 0. The summed E-state index contributed by atoms with van der Waals surface area (Å²) < 4.78 is 0. The molecule has 57 valence electrons. The smallest absolute Gasteiger partial charge is 0.356 e. The average Bonchev–Trinajstić information content (AvgIpc) is 1.25. The molecule has 0 amide bonds. The maximum Gasteiger partial charge on any atom is 3.00 e. The van der Waals surface area contributed by atoms with E-state index in [4.69, 9.17) is 30.6 Å². The van der Waals surface area contributed by atoms with E-state index in [1.807, 2.05) is 0 Å². The SMILES string of the molecule is N.O=[N+]([O-])[O-].O=[N+]([O-])[O-].[La+3].[Nd+3]. The molecule has 9 nitrogen and oxygen atoms in total. The molecule has 11 heteroatoms. The molecule has 0 saturated heterocycles. The molecular weight excluding hydrogens is 421 g/mol. The van der Waals surface area contributed by atoms with Crippen LogP contribution in [-0.2, 0) is 0 Å². The van der Waals surface area contributed by atoms with Gasteiger partial charge in [0.1, 0.15) is 0 Å². The van der Waals surface area contributed by atoms with Gasteiger partial charge in [-0.2, -0.15) is 0 Å². The first-order valence-corrected chi connectivity index (χ1v) is 1.10. The van der Waals surface area contributed by atoms with Crippen LogP contribution in [0.4, 0.5) is 0 Å². The monoisotopic (exact) mass is 422 g/mol. The van der Waals surface area contributed by atoms with Crippen LogP contribution in [0.2, 0.25) is 0 Å². The van der Waals surface area contributed by atoms with Crippen molar-refractivity contribution in [2.24, 2.45) is 0 Å². The molecule has 0 aliphatic rings. The minimum Gasteiger partial charge on any atom is -0.356 e. The molecule has 0 bridgehead atoms. The second kappa shape index (κ2) is 22.4. The van der Waals surface area contributed by atoms with Gasteiger partial charge in [-0.15, -0.1) is 0 Å². The van der Waals surface area contributed by atoms with Gasteiger partial charge in [0.2, 0.25) is 0 Å². The summed E-state index contributed by atoms with van der Waals surface area (Å²) in [5.74, 6) is 0. The van der Waals surface area contributed by atoms with Crippen molar-refractivity contribution in [3.05, 3.63) is 30.6 Å². The molecular formula is H3LaN3NdO6+4. The van der Waals surface area contributed by atoms with Crippen LogP contribution < -0.4 is 6.15 Å². The Morgan fingerprint density at radius 1 is 0.818 bits per heavy atom. The van der Waals surface area contributed by atoms with Gasteiger partial charge < -0.3 is 36.8 Å². The van der Waals surface area contributed by atoms with Gasteiger partial charge in [-0.25, -0.2) is 0 Å². The van der Waals surface area contributed by atoms with Crippen molar-refractivity contribution in [1.82, 2.24) is 6.15 Å². The van der Waals surface area contributed by atoms with Crippen LogP contribution in [0, 0.1) is 107 Å². The van der Waals surface area contributed by atoms with Gasteiger partial charge in [0.15, 0.2) is 0 Å². The summed E-state index contributed by atoms with van der Waals surface area (Å²) in [5, 5.41) is 29.5. The quantitative estimate of drug-likeness (QED) is 0.411. The largest absolute Gasteiger partial charge is 3.00 e. The first-order chi connectivity index (χ1) is 3.46. The van der Waals surface area contributed by atoms with Crippen LogP contribution in [0.3, 0.4) is 0 Å². The Labute approximate surface area is 121 Å². The molecule has 11 heavy (non-hydrogen) atoms. The van der Waals surface area contributed by atoms with Crippen molar-refractivity contribution in [3.63, 3.8) is 0 Å². The van der Waals surface area contributed by atoms with Gasteiger partial charge in [-0.05, 0) is 0 Å². The van der Waals surface area contributed by atoms with Crippen LogP contribution >= 0.6 is 0 Å². The summed E-state index contributed by atoms with van der Waals surface area (Å²) >= 11 is 0. The Hall–Kier alpha value is 0.905. The van der Waals surface area contributed by atoms with Crippen LogP contribution in [0.25, 0.3) is 0 Å². The van der Waals surface area contributed by atoms with E-state index in [1.54, 1.807) is 0 Å². The maximum atomic E-state index is 8.25. The van der Waals surface area contributed by atoms with E-state index in [9.17, 15) is 0 Å². The normalized spacial score (nSPS) is 4.36. The molecule has 0 aromatic carbocycles. The molecule has 3 N–H and O–H groups in total. The molecule has 0 aliphatic heterocycles. The van der Waals surface area contributed by atoms with Crippen molar-refractivity contribution in [3.8, 4) is 0 Å². The van der Waals surface area contributed by atoms with Crippen molar-refractivity contribution in [1.29, 1.82) is 0 Å². The van der Waals surface area contributed by atoms with E-state index in [2.05, 4.69) is 0 Å². The van der Waals surface area contributed by atoms with E-state index < -0.39 is 10.2 Å². The number of hydrogen-bond donors (Lipinski definition) is 1.